The number of esters is 1. The minimum atomic E-state index is -0.394. The van der Waals surface area contributed by atoms with Crippen LogP contribution in [0.4, 0.5) is 0 Å². The van der Waals surface area contributed by atoms with E-state index in [0.29, 0.717) is 24.4 Å². The van der Waals surface area contributed by atoms with Crippen LogP contribution in [0.3, 0.4) is 0 Å². The maximum absolute atomic E-state index is 11.6. The van der Waals surface area contributed by atoms with Crippen LogP contribution in [-0.4, -0.2) is 37.0 Å². The minimum Gasteiger partial charge on any atom is -0.488 e. The van der Waals surface area contributed by atoms with Gasteiger partial charge in [0.05, 0.1) is 19.2 Å². The summed E-state index contributed by atoms with van der Waals surface area (Å²) in [5, 5.41) is 0. The second kappa shape index (κ2) is 5.94. The van der Waals surface area contributed by atoms with Crippen molar-refractivity contribution in [2.24, 2.45) is 5.92 Å². The highest BCUT2D eigenvalue weighted by atomic mass is 16.5. The molecule has 5 nitrogen and oxygen atoms in total. The highest BCUT2D eigenvalue weighted by Gasteiger charge is 2.25. The molecule has 0 fully saturated rings. The van der Waals surface area contributed by atoms with Gasteiger partial charge in [0.2, 0.25) is 6.41 Å². The number of ether oxygens (including phenoxy) is 2. The standard InChI is InChI=1S/C15H19NO4/c1-10(2)14-8-16(9-17)7-12-5-4-11(15(18)19-3)6-13(12)20-14/h4-6,9-10,14H,7-8H2,1-3H3. The van der Waals surface area contributed by atoms with Gasteiger partial charge in [-0.3, -0.25) is 4.79 Å². The lowest BCUT2D eigenvalue weighted by atomic mass is 10.1. The lowest BCUT2D eigenvalue weighted by Gasteiger charge is -2.23. The van der Waals surface area contributed by atoms with E-state index in [2.05, 4.69) is 0 Å². The fourth-order valence-corrected chi connectivity index (χ4v) is 2.18. The van der Waals surface area contributed by atoms with E-state index in [-0.39, 0.29) is 12.0 Å². The molecule has 1 unspecified atom stereocenters. The summed E-state index contributed by atoms with van der Waals surface area (Å²) < 4.78 is 10.7. The van der Waals surface area contributed by atoms with Crippen LogP contribution in [0.15, 0.2) is 18.2 Å². The zero-order valence-electron chi connectivity index (χ0n) is 12.0. The van der Waals surface area contributed by atoms with Gasteiger partial charge >= 0.3 is 5.97 Å². The summed E-state index contributed by atoms with van der Waals surface area (Å²) in [7, 11) is 1.35. The summed E-state index contributed by atoms with van der Waals surface area (Å²) in [6.07, 6.45) is 0.747. The van der Waals surface area contributed by atoms with Gasteiger partial charge in [-0.05, 0) is 18.1 Å². The minimum absolute atomic E-state index is 0.0886. The first-order chi connectivity index (χ1) is 9.55. The summed E-state index contributed by atoms with van der Waals surface area (Å²) in [6.45, 7) is 5.12. The number of benzene rings is 1. The maximum atomic E-state index is 11.6. The van der Waals surface area contributed by atoms with Crippen LogP contribution in [-0.2, 0) is 16.1 Å². The Hall–Kier alpha value is -2.04. The monoisotopic (exact) mass is 277 g/mol. The SMILES string of the molecule is COC(=O)c1ccc2c(c1)OC(C(C)C)CN(C=O)C2. The van der Waals surface area contributed by atoms with Crippen LogP contribution < -0.4 is 4.74 Å². The molecule has 1 aliphatic rings. The first-order valence-electron chi connectivity index (χ1n) is 6.62. The van der Waals surface area contributed by atoms with Crippen LogP contribution in [0, 0.1) is 5.92 Å². The summed E-state index contributed by atoms with van der Waals surface area (Å²) in [6, 6.07) is 5.18. The molecule has 0 aromatic heterocycles. The molecule has 20 heavy (non-hydrogen) atoms. The predicted molar refractivity (Wildman–Crippen MR) is 73.5 cm³/mol. The first kappa shape index (κ1) is 14.4. The van der Waals surface area contributed by atoms with E-state index in [0.717, 1.165) is 12.0 Å². The van der Waals surface area contributed by atoms with Crippen LogP contribution in [0.5, 0.6) is 5.75 Å². The van der Waals surface area contributed by atoms with Crippen molar-refractivity contribution in [2.45, 2.75) is 26.5 Å². The molecule has 1 aromatic carbocycles. The van der Waals surface area contributed by atoms with Crippen LogP contribution in [0.1, 0.15) is 29.8 Å². The van der Waals surface area contributed by atoms with Crippen molar-refractivity contribution in [1.29, 1.82) is 0 Å². The molecule has 0 saturated heterocycles. The van der Waals surface area contributed by atoms with Crippen molar-refractivity contribution in [2.75, 3.05) is 13.7 Å². The maximum Gasteiger partial charge on any atom is 0.337 e. The number of carbonyl (C=O) groups excluding carboxylic acids is 2. The molecule has 0 spiro atoms. The lowest BCUT2D eigenvalue weighted by molar-refractivity contribution is -0.119. The van der Waals surface area contributed by atoms with Gasteiger partial charge in [0, 0.05) is 12.1 Å². The third kappa shape index (κ3) is 2.92. The van der Waals surface area contributed by atoms with Crippen LogP contribution in [0.25, 0.3) is 0 Å². The Balaban J connectivity index is 2.37. The Labute approximate surface area is 118 Å². The third-order valence-corrected chi connectivity index (χ3v) is 3.45. The molecule has 1 atom stereocenters. The Bertz CT molecular complexity index is 513. The molecule has 0 aliphatic carbocycles. The van der Waals surface area contributed by atoms with Crippen LogP contribution in [0.2, 0.25) is 0 Å². The number of methoxy groups -OCH3 is 1. The number of nitrogens with zero attached hydrogens (tertiary/aromatic N) is 1. The van der Waals surface area contributed by atoms with Crippen molar-refractivity contribution in [1.82, 2.24) is 4.90 Å². The number of rotatable bonds is 3. The fraction of sp³-hybridized carbons (Fsp3) is 0.467. The van der Waals surface area contributed by atoms with Crippen molar-refractivity contribution < 1.29 is 19.1 Å². The van der Waals surface area contributed by atoms with Crippen molar-refractivity contribution in [3.63, 3.8) is 0 Å². The van der Waals surface area contributed by atoms with Crippen molar-refractivity contribution in [3.8, 4) is 5.75 Å². The van der Waals surface area contributed by atoms with Crippen molar-refractivity contribution in [3.05, 3.63) is 29.3 Å². The normalized spacial score (nSPS) is 18.0. The lowest BCUT2D eigenvalue weighted by Crippen LogP contribution is -2.35. The van der Waals surface area contributed by atoms with E-state index in [1.165, 1.54) is 7.11 Å². The Morgan fingerprint density at radius 2 is 2.25 bits per heavy atom. The average molecular weight is 277 g/mol. The molecule has 2 rings (SSSR count). The van der Waals surface area contributed by atoms with E-state index in [4.69, 9.17) is 9.47 Å². The molecule has 1 aliphatic heterocycles. The van der Waals surface area contributed by atoms with Gasteiger partial charge in [0.25, 0.3) is 0 Å². The van der Waals surface area contributed by atoms with Gasteiger partial charge < -0.3 is 14.4 Å². The Kier molecular flexibility index (Phi) is 4.27. The number of carbonyl (C=O) groups is 2. The fourth-order valence-electron chi connectivity index (χ4n) is 2.18. The number of fused-ring (bicyclic) bond motifs is 1. The molecule has 5 heteroatoms. The molecular formula is C15H19NO4. The topological polar surface area (TPSA) is 55.8 Å². The molecule has 1 aromatic rings. The van der Waals surface area contributed by atoms with Gasteiger partial charge in [-0.2, -0.15) is 0 Å². The molecule has 108 valence electrons. The van der Waals surface area contributed by atoms with E-state index in [9.17, 15) is 9.59 Å². The van der Waals surface area contributed by atoms with E-state index in [1.54, 1.807) is 23.1 Å². The predicted octanol–water partition coefficient (Wildman–Crippen LogP) is 1.85. The number of amides is 1. The van der Waals surface area contributed by atoms with E-state index < -0.39 is 5.97 Å². The van der Waals surface area contributed by atoms with Gasteiger partial charge in [-0.1, -0.05) is 19.9 Å². The summed E-state index contributed by atoms with van der Waals surface area (Å²) in [5.41, 5.74) is 1.35. The van der Waals surface area contributed by atoms with E-state index >= 15 is 0 Å². The smallest absolute Gasteiger partial charge is 0.337 e. The van der Waals surface area contributed by atoms with Gasteiger partial charge in [-0.15, -0.1) is 0 Å². The summed E-state index contributed by atoms with van der Waals surface area (Å²) in [4.78, 5) is 24.4. The van der Waals surface area contributed by atoms with Crippen LogP contribution >= 0.6 is 0 Å². The molecule has 0 radical (unpaired) electrons. The third-order valence-electron chi connectivity index (χ3n) is 3.45. The molecule has 1 amide bonds. The highest BCUT2D eigenvalue weighted by Crippen LogP contribution is 2.28. The molecule has 0 bridgehead atoms. The molecule has 1 heterocycles. The molecule has 0 N–H and O–H groups in total. The molecule has 0 saturated carbocycles. The second-order valence-electron chi connectivity index (χ2n) is 5.25. The zero-order chi connectivity index (χ0) is 14.7. The summed E-state index contributed by atoms with van der Waals surface area (Å²) in [5.74, 6) is 0.523. The zero-order valence-corrected chi connectivity index (χ0v) is 12.0. The quantitative estimate of drug-likeness (QED) is 0.625. The number of hydrogen-bond acceptors (Lipinski definition) is 4. The Morgan fingerprint density at radius 3 is 2.85 bits per heavy atom. The average Bonchev–Trinajstić information content (AvgIpc) is 2.64. The second-order valence-corrected chi connectivity index (χ2v) is 5.25. The largest absolute Gasteiger partial charge is 0.488 e. The van der Waals surface area contributed by atoms with Gasteiger partial charge in [-0.25, -0.2) is 4.79 Å². The number of hydrogen-bond donors (Lipinski definition) is 0. The van der Waals surface area contributed by atoms with Gasteiger partial charge in [0.1, 0.15) is 11.9 Å². The Morgan fingerprint density at radius 1 is 1.50 bits per heavy atom. The molecular weight excluding hydrogens is 258 g/mol. The van der Waals surface area contributed by atoms with Crippen molar-refractivity contribution >= 4 is 12.4 Å². The highest BCUT2D eigenvalue weighted by molar-refractivity contribution is 5.89. The van der Waals surface area contributed by atoms with E-state index in [1.807, 2.05) is 13.8 Å². The van der Waals surface area contributed by atoms with Gasteiger partial charge in [0.15, 0.2) is 0 Å². The summed E-state index contributed by atoms with van der Waals surface area (Å²) >= 11 is 0. The first-order valence-corrected chi connectivity index (χ1v) is 6.62.